The van der Waals surface area contributed by atoms with Crippen LogP contribution in [0.1, 0.15) is 131 Å². The highest BCUT2D eigenvalue weighted by atomic mass is 16.5. The molecule has 8 unspecified atom stereocenters. The molecule has 1 aliphatic heterocycles. The number of cyclic esters (lactones) is 1. The van der Waals surface area contributed by atoms with Gasteiger partial charge in [0.05, 0.1) is 6.10 Å². The van der Waals surface area contributed by atoms with Gasteiger partial charge >= 0.3 is 5.97 Å². The zero-order valence-electron chi connectivity index (χ0n) is 36.6. The molecule has 18 heteroatoms. The number of primary amides is 1. The molecule has 0 saturated carbocycles. The normalized spacial score (nSPS) is 25.1. The molecule has 61 heavy (non-hydrogen) atoms. The molecule has 0 bridgehead atoms. The lowest BCUT2D eigenvalue weighted by atomic mass is 10.00. The molecule has 1 fully saturated rings. The number of unbranched alkanes of at least 4 members (excludes halogenated alkanes) is 6. The summed E-state index contributed by atoms with van der Waals surface area (Å²) in [5.74, 6) is -6.68. The molecule has 1 aromatic rings. The molecule has 1 aliphatic rings. The average molecular weight is 860 g/mol. The van der Waals surface area contributed by atoms with Gasteiger partial charge in [0.15, 0.2) is 0 Å². The Morgan fingerprint density at radius 3 is 1.87 bits per heavy atom. The molecule has 1 heterocycles. The van der Waals surface area contributed by atoms with Gasteiger partial charge in [0.25, 0.3) is 0 Å². The fourth-order valence-electron chi connectivity index (χ4n) is 6.70. The molecule has 7 amide bonds. The first-order chi connectivity index (χ1) is 28.8. The predicted octanol–water partition coefficient (Wildman–Crippen LogP) is 1.42. The maximum atomic E-state index is 14.1. The van der Waals surface area contributed by atoms with E-state index in [-0.39, 0.29) is 44.3 Å². The summed E-state index contributed by atoms with van der Waals surface area (Å²) >= 11 is 0. The van der Waals surface area contributed by atoms with E-state index in [1.807, 2.05) is 0 Å². The maximum Gasteiger partial charge on any atom is 0.329 e. The number of nitrogens with two attached hydrogens (primary N) is 1. The Balaban J connectivity index is 2.53. The van der Waals surface area contributed by atoms with Gasteiger partial charge in [0, 0.05) is 19.3 Å². The Kier molecular flexibility index (Phi) is 22.8. The largest absolute Gasteiger partial charge is 0.508 e. The number of phenols is 1. The van der Waals surface area contributed by atoms with Crippen LogP contribution < -0.4 is 37.6 Å². The monoisotopic (exact) mass is 860 g/mol. The number of nitrogens with one attached hydrogen (secondary N) is 6. The zero-order valence-corrected chi connectivity index (χ0v) is 36.6. The lowest BCUT2D eigenvalue weighted by molar-refractivity contribution is -0.155. The summed E-state index contributed by atoms with van der Waals surface area (Å²) in [6.45, 7) is 9.54. The quantitative estimate of drug-likeness (QED) is 0.0898. The van der Waals surface area contributed by atoms with E-state index in [4.69, 9.17) is 10.5 Å². The molecule has 10 N–H and O–H groups in total. The number of hydrogen-bond donors (Lipinski definition) is 9. The van der Waals surface area contributed by atoms with Crippen LogP contribution in [-0.2, 0) is 49.5 Å². The first kappa shape index (κ1) is 51.9. The highest BCUT2D eigenvalue weighted by molar-refractivity contribution is 5.97. The molecule has 18 nitrogen and oxygen atoms in total. The summed E-state index contributed by atoms with van der Waals surface area (Å²) in [5, 5.41) is 35.5. The standard InChI is InChI=1S/C43H69N7O11/c1-7-8-9-10-11-12-13-15-31-16-14-17-35(54)49-37(28(6)51)42(59)46-26(4)38(55)45-27(5)39(56)47-32(22-23-34(44)53)40(57)48-33(24-29-18-20-30(52)21-19-29)41(58)50-36(25(2)3)43(60)61-31/h18-21,25-28,31-33,36-37,51-52H,7-17,22-24H2,1-6H3,(H2,44,53)(H,45,55)(H,46,59)(H,47,56)(H,48,57)(H,49,54)(H,50,58). The lowest BCUT2D eigenvalue weighted by Crippen LogP contribution is -2.60. The number of carbonyl (C=O) groups is 8. The van der Waals surface area contributed by atoms with Gasteiger partial charge in [-0.05, 0) is 76.5 Å². The van der Waals surface area contributed by atoms with Gasteiger partial charge in [-0.25, -0.2) is 4.79 Å². The van der Waals surface area contributed by atoms with Crippen molar-refractivity contribution >= 4 is 47.3 Å². The van der Waals surface area contributed by atoms with Gasteiger partial charge < -0.3 is 52.6 Å². The molecule has 342 valence electrons. The highest BCUT2D eigenvalue weighted by Crippen LogP contribution is 2.19. The van der Waals surface area contributed by atoms with E-state index in [1.165, 1.54) is 32.9 Å². The van der Waals surface area contributed by atoms with E-state index >= 15 is 0 Å². The maximum absolute atomic E-state index is 14.1. The first-order valence-corrected chi connectivity index (χ1v) is 21.6. The minimum absolute atomic E-state index is 0.0311. The summed E-state index contributed by atoms with van der Waals surface area (Å²) in [5.41, 5.74) is 5.91. The number of rotatable bonds is 15. The van der Waals surface area contributed by atoms with Crippen LogP contribution in [0.5, 0.6) is 5.75 Å². The Bertz CT molecular complexity index is 1620. The van der Waals surface area contributed by atoms with Crippen LogP contribution in [0, 0.1) is 5.92 Å². The molecule has 0 spiro atoms. The Hall–Kier alpha value is -5.26. The fraction of sp³-hybridized carbons (Fsp3) is 0.674. The lowest BCUT2D eigenvalue weighted by Gasteiger charge is -2.28. The van der Waals surface area contributed by atoms with Crippen molar-refractivity contribution in [3.63, 3.8) is 0 Å². The van der Waals surface area contributed by atoms with Gasteiger partial charge in [-0.3, -0.25) is 33.6 Å². The molecule has 1 aromatic carbocycles. The third-order valence-electron chi connectivity index (χ3n) is 10.5. The van der Waals surface area contributed by atoms with Gasteiger partial charge in [-0.2, -0.15) is 0 Å². The Labute approximate surface area is 359 Å². The van der Waals surface area contributed by atoms with Crippen molar-refractivity contribution < 1.29 is 53.3 Å². The molecule has 0 radical (unpaired) electrons. The second-order valence-electron chi connectivity index (χ2n) is 16.3. The minimum atomic E-state index is -1.43. The number of aromatic hydroxyl groups is 1. The van der Waals surface area contributed by atoms with Crippen molar-refractivity contribution in [1.82, 2.24) is 31.9 Å². The van der Waals surface area contributed by atoms with Crippen molar-refractivity contribution in [3.8, 4) is 5.75 Å². The number of benzene rings is 1. The number of aliphatic hydroxyl groups excluding tert-OH is 1. The van der Waals surface area contributed by atoms with Gasteiger partial charge in [-0.1, -0.05) is 71.4 Å². The Morgan fingerprint density at radius 2 is 1.28 bits per heavy atom. The number of amides is 7. The number of phenolic OH excluding ortho intramolecular Hbond substituents is 1. The van der Waals surface area contributed by atoms with E-state index in [1.54, 1.807) is 26.0 Å². The van der Waals surface area contributed by atoms with E-state index in [0.29, 0.717) is 12.0 Å². The van der Waals surface area contributed by atoms with Gasteiger partial charge in [0.2, 0.25) is 41.4 Å². The fourth-order valence-corrected chi connectivity index (χ4v) is 6.70. The van der Waals surface area contributed by atoms with Crippen molar-refractivity contribution in [2.24, 2.45) is 11.7 Å². The third kappa shape index (κ3) is 19.3. The van der Waals surface area contributed by atoms with E-state index in [0.717, 1.165) is 44.9 Å². The molecule has 0 aliphatic carbocycles. The molecule has 8 atom stereocenters. The van der Waals surface area contributed by atoms with Gasteiger partial charge in [0.1, 0.15) is 48.1 Å². The average Bonchev–Trinajstić information content (AvgIpc) is 3.19. The molecular formula is C43H69N7O11. The topological polar surface area (TPSA) is 284 Å². The number of hydrogen-bond acceptors (Lipinski definition) is 11. The van der Waals surface area contributed by atoms with Crippen LogP contribution in [0.15, 0.2) is 24.3 Å². The number of ether oxygens (including phenoxy) is 1. The molecular weight excluding hydrogens is 791 g/mol. The van der Waals surface area contributed by atoms with Crippen LogP contribution >= 0.6 is 0 Å². The summed E-state index contributed by atoms with van der Waals surface area (Å²) in [6, 6.07) is -1.96. The van der Waals surface area contributed by atoms with Crippen molar-refractivity contribution in [2.45, 2.75) is 180 Å². The zero-order chi connectivity index (χ0) is 45.6. The summed E-state index contributed by atoms with van der Waals surface area (Å²) in [4.78, 5) is 106. The van der Waals surface area contributed by atoms with Crippen molar-refractivity contribution in [3.05, 3.63) is 29.8 Å². The van der Waals surface area contributed by atoms with Crippen LogP contribution in [0.4, 0.5) is 0 Å². The SMILES string of the molecule is CCCCCCCCCC1CCCC(=O)NC(C(C)O)C(=O)NC(C)C(=O)NC(C)C(=O)NC(CCC(N)=O)C(=O)NC(Cc2ccc(O)cc2)C(=O)NC(C(C)C)C(=O)O1. The van der Waals surface area contributed by atoms with Crippen LogP contribution in [0.2, 0.25) is 0 Å². The molecule has 0 aromatic heterocycles. The molecule has 2 rings (SSSR count). The van der Waals surface area contributed by atoms with Gasteiger partial charge in [-0.15, -0.1) is 0 Å². The first-order valence-electron chi connectivity index (χ1n) is 21.6. The smallest absolute Gasteiger partial charge is 0.329 e. The number of carbonyl (C=O) groups excluding carboxylic acids is 8. The number of aliphatic hydroxyl groups is 1. The summed E-state index contributed by atoms with van der Waals surface area (Å²) < 4.78 is 6.04. The van der Waals surface area contributed by atoms with Crippen molar-refractivity contribution in [2.75, 3.05) is 0 Å². The highest BCUT2D eigenvalue weighted by Gasteiger charge is 2.34. The predicted molar refractivity (Wildman–Crippen MR) is 226 cm³/mol. The van der Waals surface area contributed by atoms with E-state index in [2.05, 4.69) is 38.8 Å². The van der Waals surface area contributed by atoms with E-state index in [9.17, 15) is 48.6 Å². The minimum Gasteiger partial charge on any atom is -0.508 e. The summed E-state index contributed by atoms with van der Waals surface area (Å²) in [7, 11) is 0. The molecule has 1 saturated heterocycles. The second kappa shape index (κ2) is 26.8. The third-order valence-corrected chi connectivity index (χ3v) is 10.5. The Morgan fingerprint density at radius 1 is 0.721 bits per heavy atom. The van der Waals surface area contributed by atoms with Crippen molar-refractivity contribution in [1.29, 1.82) is 0 Å². The van der Waals surface area contributed by atoms with Crippen LogP contribution in [-0.4, -0.2) is 106 Å². The van der Waals surface area contributed by atoms with E-state index < -0.39 is 102 Å². The second-order valence-corrected chi connectivity index (χ2v) is 16.3. The number of esters is 1. The summed E-state index contributed by atoms with van der Waals surface area (Å²) in [6.07, 6.45) is 5.42. The van der Waals surface area contributed by atoms with Crippen LogP contribution in [0.3, 0.4) is 0 Å². The van der Waals surface area contributed by atoms with Crippen LogP contribution in [0.25, 0.3) is 0 Å².